The molecule has 1 saturated carbocycles. The molecule has 0 aromatic rings. The van der Waals surface area contributed by atoms with Crippen LogP contribution >= 0.6 is 23.4 Å². The van der Waals surface area contributed by atoms with Gasteiger partial charge in [0.05, 0.1) is 0 Å². The average Bonchev–Trinajstić information content (AvgIpc) is 2.60. The monoisotopic (exact) mass is 221 g/mol. The lowest BCUT2D eigenvalue weighted by atomic mass is 10.1. The van der Waals surface area contributed by atoms with Crippen LogP contribution in [-0.4, -0.2) is 30.5 Å². The van der Waals surface area contributed by atoms with Gasteiger partial charge in [-0.25, -0.2) is 0 Å². The summed E-state index contributed by atoms with van der Waals surface area (Å²) in [4.78, 5) is 0. The number of alkyl halides is 1. The summed E-state index contributed by atoms with van der Waals surface area (Å²) in [6.45, 7) is 1.17. The maximum atomic E-state index is 5.90. The van der Waals surface area contributed by atoms with Crippen molar-refractivity contribution in [3.63, 3.8) is 0 Å². The maximum absolute atomic E-state index is 5.90. The van der Waals surface area contributed by atoms with Crippen LogP contribution in [0, 0.1) is 5.92 Å². The van der Waals surface area contributed by atoms with E-state index >= 15 is 0 Å². The summed E-state index contributed by atoms with van der Waals surface area (Å²) in [7, 11) is 0. The minimum absolute atomic E-state index is 0.708. The summed E-state index contributed by atoms with van der Waals surface area (Å²) >= 11 is 7.82. The van der Waals surface area contributed by atoms with Crippen LogP contribution in [0.3, 0.4) is 0 Å². The van der Waals surface area contributed by atoms with E-state index in [0.29, 0.717) is 6.04 Å². The summed E-state index contributed by atoms with van der Waals surface area (Å²) in [5.74, 6) is 2.83. The summed E-state index contributed by atoms with van der Waals surface area (Å²) in [5.41, 5.74) is 0. The van der Waals surface area contributed by atoms with Gasteiger partial charge in [0.25, 0.3) is 0 Å². The van der Waals surface area contributed by atoms with Crippen molar-refractivity contribution in [3.05, 3.63) is 0 Å². The Labute approximate surface area is 91.0 Å². The molecule has 0 aromatic carbocycles. The third-order valence-electron chi connectivity index (χ3n) is 2.79. The van der Waals surface area contributed by atoms with Gasteiger partial charge < -0.3 is 5.32 Å². The molecule has 1 N–H and O–H groups in total. The second-order valence-electron chi connectivity index (χ2n) is 3.75. The molecule has 78 valence electrons. The lowest BCUT2D eigenvalue weighted by Gasteiger charge is -2.18. The molecule has 3 heteroatoms. The van der Waals surface area contributed by atoms with Gasteiger partial charge in [0, 0.05) is 11.9 Å². The highest BCUT2D eigenvalue weighted by Gasteiger charge is 2.25. The highest BCUT2D eigenvalue weighted by Crippen LogP contribution is 2.26. The van der Waals surface area contributed by atoms with Crippen LogP contribution in [0.5, 0.6) is 0 Å². The summed E-state index contributed by atoms with van der Waals surface area (Å²) in [5, 5.41) is 3.62. The lowest BCUT2D eigenvalue weighted by Crippen LogP contribution is -2.34. The fourth-order valence-electron chi connectivity index (χ4n) is 1.99. The van der Waals surface area contributed by atoms with E-state index in [-0.39, 0.29) is 0 Å². The van der Waals surface area contributed by atoms with Crippen molar-refractivity contribution in [2.45, 2.75) is 31.7 Å². The summed E-state index contributed by atoms with van der Waals surface area (Å²) in [6, 6.07) is 0.708. The van der Waals surface area contributed by atoms with Crippen molar-refractivity contribution >= 4 is 23.4 Å². The molecule has 1 aliphatic rings. The average molecular weight is 222 g/mol. The second kappa shape index (κ2) is 6.97. The van der Waals surface area contributed by atoms with E-state index in [2.05, 4.69) is 11.6 Å². The molecule has 0 radical (unpaired) electrons. The minimum atomic E-state index is 0.708. The van der Waals surface area contributed by atoms with Gasteiger partial charge >= 0.3 is 0 Å². The van der Waals surface area contributed by atoms with Crippen LogP contribution in [0.25, 0.3) is 0 Å². The van der Waals surface area contributed by atoms with Crippen LogP contribution in [0.4, 0.5) is 0 Å². The Bertz CT molecular complexity index is 132. The molecule has 2 unspecified atom stereocenters. The largest absolute Gasteiger partial charge is 0.314 e. The molecule has 1 rings (SSSR count). The van der Waals surface area contributed by atoms with Crippen molar-refractivity contribution in [1.29, 1.82) is 0 Å². The molecule has 0 heterocycles. The summed E-state index contributed by atoms with van der Waals surface area (Å²) < 4.78 is 0. The number of halogens is 1. The molecule has 1 aliphatic carbocycles. The van der Waals surface area contributed by atoms with Crippen LogP contribution in [0.2, 0.25) is 0 Å². The standard InChI is InChI=1S/C10H20ClNS/c1-13-7-3-6-12-10-5-2-4-9(10)8-11/h9-10,12H,2-8H2,1H3. The van der Waals surface area contributed by atoms with Crippen LogP contribution in [0.15, 0.2) is 0 Å². The zero-order chi connectivity index (χ0) is 9.52. The molecule has 0 aromatic heterocycles. The van der Waals surface area contributed by atoms with Crippen molar-refractivity contribution in [3.8, 4) is 0 Å². The van der Waals surface area contributed by atoms with Crippen LogP contribution in [0.1, 0.15) is 25.7 Å². The lowest BCUT2D eigenvalue weighted by molar-refractivity contribution is 0.432. The van der Waals surface area contributed by atoms with Gasteiger partial charge in [0.2, 0.25) is 0 Å². The maximum Gasteiger partial charge on any atom is 0.0266 e. The van der Waals surface area contributed by atoms with Crippen molar-refractivity contribution in [2.24, 2.45) is 5.92 Å². The highest BCUT2D eigenvalue weighted by atomic mass is 35.5. The Kier molecular flexibility index (Phi) is 6.26. The quantitative estimate of drug-likeness (QED) is 0.547. The fourth-order valence-corrected chi connectivity index (χ4v) is 2.80. The Hall–Kier alpha value is 0.600. The first kappa shape index (κ1) is 11.7. The summed E-state index contributed by atoms with van der Waals surface area (Å²) in [6.07, 6.45) is 7.46. The Morgan fingerprint density at radius 2 is 2.31 bits per heavy atom. The van der Waals surface area contributed by atoms with Crippen LogP contribution < -0.4 is 5.32 Å². The van der Waals surface area contributed by atoms with Crippen molar-refractivity contribution in [2.75, 3.05) is 24.4 Å². The van der Waals surface area contributed by atoms with E-state index in [9.17, 15) is 0 Å². The third-order valence-corrected chi connectivity index (χ3v) is 3.88. The van der Waals surface area contributed by atoms with E-state index in [4.69, 9.17) is 11.6 Å². The van der Waals surface area contributed by atoms with Gasteiger partial charge in [0.15, 0.2) is 0 Å². The highest BCUT2D eigenvalue weighted by molar-refractivity contribution is 7.98. The molecule has 0 amide bonds. The van der Waals surface area contributed by atoms with Crippen molar-refractivity contribution < 1.29 is 0 Å². The Morgan fingerprint density at radius 1 is 1.46 bits per heavy atom. The van der Waals surface area contributed by atoms with Crippen LogP contribution in [-0.2, 0) is 0 Å². The molecule has 0 spiro atoms. The molecule has 0 aliphatic heterocycles. The Balaban J connectivity index is 2.06. The number of thioether (sulfide) groups is 1. The molecule has 1 fully saturated rings. The predicted octanol–water partition coefficient (Wildman–Crippen LogP) is 2.74. The molecule has 13 heavy (non-hydrogen) atoms. The van der Waals surface area contributed by atoms with Gasteiger partial charge in [-0.1, -0.05) is 6.42 Å². The molecule has 0 saturated heterocycles. The Morgan fingerprint density at radius 3 is 3.00 bits per heavy atom. The number of hydrogen-bond acceptors (Lipinski definition) is 2. The zero-order valence-corrected chi connectivity index (χ0v) is 9.96. The normalized spacial score (nSPS) is 28.2. The number of rotatable bonds is 6. The van der Waals surface area contributed by atoms with Crippen molar-refractivity contribution in [1.82, 2.24) is 5.32 Å². The first-order valence-electron chi connectivity index (χ1n) is 5.16. The molecular weight excluding hydrogens is 202 g/mol. The van der Waals surface area contributed by atoms with Gasteiger partial charge in [-0.05, 0) is 43.7 Å². The minimum Gasteiger partial charge on any atom is -0.314 e. The van der Waals surface area contributed by atoms with E-state index in [1.807, 2.05) is 11.8 Å². The number of hydrogen-bond donors (Lipinski definition) is 1. The van der Waals surface area contributed by atoms with E-state index in [1.54, 1.807) is 0 Å². The fraction of sp³-hybridized carbons (Fsp3) is 1.00. The molecular formula is C10H20ClNS. The zero-order valence-electron chi connectivity index (χ0n) is 8.39. The third kappa shape index (κ3) is 4.09. The molecule has 0 bridgehead atoms. The van der Waals surface area contributed by atoms with Gasteiger partial charge in [0.1, 0.15) is 0 Å². The van der Waals surface area contributed by atoms with E-state index in [1.165, 1.54) is 38.0 Å². The topological polar surface area (TPSA) is 12.0 Å². The van der Waals surface area contributed by atoms with Gasteiger partial charge in [-0.3, -0.25) is 0 Å². The van der Waals surface area contributed by atoms with Gasteiger partial charge in [-0.15, -0.1) is 11.6 Å². The van der Waals surface area contributed by atoms with E-state index in [0.717, 1.165) is 11.8 Å². The first-order chi connectivity index (χ1) is 6.38. The smallest absolute Gasteiger partial charge is 0.0266 e. The molecule has 2 atom stereocenters. The van der Waals surface area contributed by atoms with E-state index < -0.39 is 0 Å². The SMILES string of the molecule is CSCCCNC1CCCC1CCl. The number of nitrogens with one attached hydrogen (secondary N) is 1. The second-order valence-corrected chi connectivity index (χ2v) is 5.05. The van der Waals surface area contributed by atoms with Gasteiger partial charge in [-0.2, -0.15) is 11.8 Å². The first-order valence-corrected chi connectivity index (χ1v) is 7.09. The molecule has 1 nitrogen and oxygen atoms in total. The predicted molar refractivity (Wildman–Crippen MR) is 62.9 cm³/mol.